The summed E-state index contributed by atoms with van der Waals surface area (Å²) < 4.78 is 7.19. The zero-order valence-corrected chi connectivity index (χ0v) is 7.07. The van der Waals surface area contributed by atoms with Crippen molar-refractivity contribution in [3.05, 3.63) is 29.8 Å². The van der Waals surface area contributed by atoms with Crippen LogP contribution in [-0.4, -0.2) is 11.8 Å². The molecule has 0 fully saturated rings. The number of hydrogen-bond acceptors (Lipinski definition) is 2. The number of nitrogens with one attached hydrogen (secondary N) is 2. The van der Waals surface area contributed by atoms with Crippen molar-refractivity contribution in [3.8, 4) is 0 Å². The maximum absolute atomic E-state index is 11.0. The normalized spacial score (nSPS) is 10.4. The molecule has 0 saturated heterocycles. The molecule has 1 rings (SSSR count). The Balaban J connectivity index is 3.05. The minimum Gasteiger partial charge on any atom is -0.307 e. The van der Waals surface area contributed by atoms with Crippen molar-refractivity contribution in [1.29, 1.82) is 0 Å². The maximum atomic E-state index is 11.0. The van der Waals surface area contributed by atoms with Gasteiger partial charge in [-0.3, -0.25) is 4.79 Å². The fourth-order valence-electron chi connectivity index (χ4n) is 0.912. The van der Waals surface area contributed by atoms with Crippen LogP contribution in [0.15, 0.2) is 24.3 Å². The van der Waals surface area contributed by atoms with Crippen LogP contribution in [0.2, 0.25) is 1.41 Å². The molecule has 0 bridgehead atoms. The lowest BCUT2D eigenvalue weighted by Gasteiger charge is -2.01. The standard InChI is InChI=1S/C9H9N2O2/c1-6(12)7-3-2-4-8(5-7)11-9(10)13/h2-5,10H,1H3,(H,11,13)/i/hT. The van der Waals surface area contributed by atoms with Crippen LogP contribution in [0.1, 0.15) is 17.3 Å². The minimum absolute atomic E-state index is 0.141. The number of carbonyl (C=O) groups excluding carboxylic acids is 2. The van der Waals surface area contributed by atoms with Crippen molar-refractivity contribution >= 4 is 17.5 Å². The molecule has 0 unspecified atom stereocenters. The quantitative estimate of drug-likeness (QED) is 0.702. The fraction of sp³-hybridized carbons (Fsp3) is 0.111. The first-order chi connectivity index (χ1) is 6.52. The largest absolute Gasteiger partial charge is 0.337 e. The lowest BCUT2D eigenvalue weighted by atomic mass is 10.1. The van der Waals surface area contributed by atoms with Gasteiger partial charge in [0.05, 0.1) is 0 Å². The smallest absolute Gasteiger partial charge is 0.307 e. The predicted octanol–water partition coefficient (Wildman–Crippen LogP) is 1.70. The van der Waals surface area contributed by atoms with Crippen molar-refractivity contribution < 1.29 is 11.0 Å². The highest BCUT2D eigenvalue weighted by molar-refractivity contribution is 5.96. The Labute approximate surface area is 77.2 Å². The Morgan fingerprint density at radius 2 is 2.23 bits per heavy atom. The third kappa shape index (κ3) is 2.59. The molecule has 1 aromatic carbocycles. The van der Waals surface area contributed by atoms with Gasteiger partial charge < -0.3 is 5.31 Å². The van der Waals surface area contributed by atoms with Gasteiger partial charge in [0.1, 0.15) is 0 Å². The zero-order valence-electron chi connectivity index (χ0n) is 8.07. The summed E-state index contributed by atoms with van der Waals surface area (Å²) in [6.45, 7) is 1.40. The maximum Gasteiger partial charge on any atom is 0.337 e. The molecule has 4 nitrogen and oxygen atoms in total. The van der Waals surface area contributed by atoms with Gasteiger partial charge in [-0.05, 0) is 19.1 Å². The zero-order chi connectivity index (χ0) is 10.7. The first-order valence-corrected chi connectivity index (χ1v) is 3.68. The number of rotatable bonds is 2. The second-order valence-corrected chi connectivity index (χ2v) is 2.52. The van der Waals surface area contributed by atoms with E-state index in [2.05, 4.69) is 0 Å². The van der Waals surface area contributed by atoms with E-state index < -0.39 is 6.03 Å². The molecule has 0 aliphatic heterocycles. The Morgan fingerprint density at radius 3 is 2.77 bits per heavy atom. The molecular weight excluding hydrogens is 168 g/mol. The van der Waals surface area contributed by atoms with E-state index in [4.69, 9.17) is 7.15 Å². The van der Waals surface area contributed by atoms with Crippen molar-refractivity contribution in [2.45, 2.75) is 6.92 Å². The third-order valence-electron chi connectivity index (χ3n) is 1.48. The van der Waals surface area contributed by atoms with Crippen molar-refractivity contribution in [2.75, 3.05) is 5.31 Å². The van der Waals surface area contributed by atoms with Crippen LogP contribution in [-0.2, 0) is 0 Å². The molecule has 0 aliphatic carbocycles. The fourth-order valence-corrected chi connectivity index (χ4v) is 0.912. The van der Waals surface area contributed by atoms with E-state index >= 15 is 0 Å². The lowest BCUT2D eigenvalue weighted by molar-refractivity contribution is 0.101. The first kappa shape index (κ1) is 7.79. The second kappa shape index (κ2) is 3.71. The number of hydrogen-bond donors (Lipinski definition) is 1. The SMILES string of the molecule is [3H]N(C([NH])=O)c1cccc(C(C)=O)c1. The van der Waals surface area contributed by atoms with Gasteiger partial charge in [0, 0.05) is 11.3 Å². The van der Waals surface area contributed by atoms with E-state index in [0.717, 1.165) is 0 Å². The topological polar surface area (TPSA) is 70.0 Å². The highest BCUT2D eigenvalue weighted by Gasteiger charge is 2.01. The third-order valence-corrected chi connectivity index (χ3v) is 1.48. The van der Waals surface area contributed by atoms with Crippen LogP contribution in [0.4, 0.5) is 10.5 Å². The Hall–Kier alpha value is -1.84. The van der Waals surface area contributed by atoms with E-state index in [9.17, 15) is 9.59 Å². The van der Waals surface area contributed by atoms with Gasteiger partial charge in [-0.15, -0.1) is 0 Å². The average Bonchev–Trinajstić information content (AvgIpc) is 2.16. The molecule has 4 heteroatoms. The van der Waals surface area contributed by atoms with Gasteiger partial charge in [-0.1, -0.05) is 12.1 Å². The predicted molar refractivity (Wildman–Crippen MR) is 48.6 cm³/mol. The van der Waals surface area contributed by atoms with Crippen LogP contribution in [0.5, 0.6) is 0 Å². The molecule has 2 N–H and O–H groups in total. The molecule has 0 aliphatic rings. The van der Waals surface area contributed by atoms with Crippen molar-refractivity contribution in [3.63, 3.8) is 0 Å². The molecular formula is C9H9N2O2. The lowest BCUT2D eigenvalue weighted by Crippen LogP contribution is -2.09. The summed E-state index contributed by atoms with van der Waals surface area (Å²) in [5, 5.41) is 0.423. The first-order valence-electron chi connectivity index (χ1n) is 4.12. The Kier molecular flexibility index (Phi) is 2.22. The summed E-state index contributed by atoms with van der Waals surface area (Å²) in [6.07, 6.45) is 0. The molecule has 1 aromatic rings. The van der Waals surface area contributed by atoms with Gasteiger partial charge in [-0.25, -0.2) is 10.5 Å². The van der Waals surface area contributed by atoms with Gasteiger partial charge >= 0.3 is 6.03 Å². The Bertz CT molecular complexity index is 379. The molecule has 0 spiro atoms. The van der Waals surface area contributed by atoms with E-state index in [1.807, 2.05) is 0 Å². The number of benzene rings is 1. The molecule has 0 aromatic heterocycles. The van der Waals surface area contributed by atoms with E-state index in [1.54, 1.807) is 12.1 Å². The van der Waals surface area contributed by atoms with Gasteiger partial charge in [0.15, 0.2) is 7.20 Å². The molecule has 67 valence electrons. The highest BCUT2D eigenvalue weighted by atomic mass is 16.2. The number of Topliss-reactive ketones (excluding diaryl/α,β-unsaturated/α-hetero) is 1. The molecule has 2 amide bonds. The highest BCUT2D eigenvalue weighted by Crippen LogP contribution is 2.10. The van der Waals surface area contributed by atoms with Gasteiger partial charge in [-0.2, -0.15) is 0 Å². The average molecular weight is 179 g/mol. The number of urea groups is 1. The van der Waals surface area contributed by atoms with E-state index in [1.165, 1.54) is 19.1 Å². The molecule has 0 saturated carbocycles. The van der Waals surface area contributed by atoms with Gasteiger partial charge in [0.2, 0.25) is 0 Å². The van der Waals surface area contributed by atoms with Crippen LogP contribution in [0.3, 0.4) is 0 Å². The number of anilines is 1. The van der Waals surface area contributed by atoms with Crippen LogP contribution < -0.4 is 11.0 Å². The monoisotopic (exact) mass is 179 g/mol. The number of ketones is 1. The molecule has 0 atom stereocenters. The van der Waals surface area contributed by atoms with E-state index in [0.29, 0.717) is 10.9 Å². The van der Waals surface area contributed by atoms with Crippen molar-refractivity contribution in [1.82, 2.24) is 5.73 Å². The summed E-state index contributed by atoms with van der Waals surface area (Å²) in [5.41, 5.74) is 7.35. The van der Waals surface area contributed by atoms with E-state index in [-0.39, 0.29) is 11.5 Å². The molecule has 1 radical (unpaired) electrons. The summed E-state index contributed by atoms with van der Waals surface area (Å²) in [6, 6.07) is 4.92. The summed E-state index contributed by atoms with van der Waals surface area (Å²) in [4.78, 5) is 21.5. The summed E-state index contributed by atoms with van der Waals surface area (Å²) in [7, 11) is 0. The van der Waals surface area contributed by atoms with Crippen LogP contribution in [0, 0.1) is 0 Å². The molecule has 13 heavy (non-hydrogen) atoms. The number of amides is 2. The second-order valence-electron chi connectivity index (χ2n) is 2.52. The summed E-state index contributed by atoms with van der Waals surface area (Å²) >= 11 is 0. The van der Waals surface area contributed by atoms with Gasteiger partial charge in [0.25, 0.3) is 0 Å². The number of carbonyl (C=O) groups is 2. The Morgan fingerprint density at radius 1 is 1.54 bits per heavy atom. The van der Waals surface area contributed by atoms with Crippen LogP contribution >= 0.6 is 0 Å². The summed E-state index contributed by atoms with van der Waals surface area (Å²) in [5.74, 6) is -0.141. The molecule has 0 heterocycles. The minimum atomic E-state index is -1.13. The van der Waals surface area contributed by atoms with Crippen LogP contribution in [0.25, 0.3) is 0 Å². The van der Waals surface area contributed by atoms with Crippen molar-refractivity contribution in [2.24, 2.45) is 0 Å².